The van der Waals surface area contributed by atoms with Crippen LogP contribution in [0.4, 0.5) is 0 Å². The minimum absolute atomic E-state index is 0.378. The van der Waals surface area contributed by atoms with E-state index in [4.69, 9.17) is 4.74 Å². The summed E-state index contributed by atoms with van der Waals surface area (Å²) in [6, 6.07) is 20.2. The summed E-state index contributed by atoms with van der Waals surface area (Å²) < 4.78 is 5.48. The van der Waals surface area contributed by atoms with Crippen LogP contribution in [-0.4, -0.2) is 15.9 Å². The number of esters is 1. The third-order valence-corrected chi connectivity index (χ3v) is 4.65. The van der Waals surface area contributed by atoms with Gasteiger partial charge < -0.3 is 4.74 Å². The lowest BCUT2D eigenvalue weighted by molar-refractivity contribution is 0.0735. The van der Waals surface area contributed by atoms with Crippen LogP contribution >= 0.6 is 11.3 Å². The molecule has 2 aromatic heterocycles. The number of ether oxygens (including phenoxy) is 1. The van der Waals surface area contributed by atoms with Gasteiger partial charge in [0.15, 0.2) is 0 Å². The first-order valence-corrected chi connectivity index (χ1v) is 8.91. The SMILES string of the molecule is O=C(Oc1cccc(-c2csc(-c3cccnc3)n2)c1)c1ccccc1. The van der Waals surface area contributed by atoms with E-state index in [-0.39, 0.29) is 5.97 Å². The minimum atomic E-state index is -0.378. The topological polar surface area (TPSA) is 52.1 Å². The van der Waals surface area contributed by atoms with Gasteiger partial charge in [-0.15, -0.1) is 11.3 Å². The van der Waals surface area contributed by atoms with Gasteiger partial charge >= 0.3 is 5.97 Å². The third kappa shape index (κ3) is 3.53. The largest absolute Gasteiger partial charge is 0.423 e. The fraction of sp³-hybridized carbons (Fsp3) is 0. The van der Waals surface area contributed by atoms with Crippen molar-refractivity contribution in [2.75, 3.05) is 0 Å². The van der Waals surface area contributed by atoms with E-state index in [1.54, 1.807) is 41.9 Å². The summed E-state index contributed by atoms with van der Waals surface area (Å²) in [5, 5.41) is 2.89. The van der Waals surface area contributed by atoms with E-state index in [1.165, 1.54) is 0 Å². The van der Waals surface area contributed by atoms with Gasteiger partial charge in [0.1, 0.15) is 10.8 Å². The normalized spacial score (nSPS) is 10.5. The molecule has 0 radical (unpaired) electrons. The van der Waals surface area contributed by atoms with Gasteiger partial charge in [0, 0.05) is 28.9 Å². The van der Waals surface area contributed by atoms with Gasteiger partial charge in [-0.05, 0) is 36.4 Å². The summed E-state index contributed by atoms with van der Waals surface area (Å²) in [6.07, 6.45) is 3.53. The highest BCUT2D eigenvalue weighted by molar-refractivity contribution is 7.13. The molecule has 0 unspecified atom stereocenters. The second kappa shape index (κ2) is 7.29. The van der Waals surface area contributed by atoms with Crippen molar-refractivity contribution in [3.63, 3.8) is 0 Å². The van der Waals surface area contributed by atoms with Gasteiger partial charge in [-0.1, -0.05) is 30.3 Å². The van der Waals surface area contributed by atoms with Gasteiger partial charge in [-0.2, -0.15) is 0 Å². The summed E-state index contributed by atoms with van der Waals surface area (Å²) in [5.74, 6) is 0.115. The molecule has 4 nitrogen and oxygen atoms in total. The molecule has 26 heavy (non-hydrogen) atoms. The highest BCUT2D eigenvalue weighted by atomic mass is 32.1. The average Bonchev–Trinajstić information content (AvgIpc) is 3.20. The van der Waals surface area contributed by atoms with Crippen LogP contribution in [0, 0.1) is 0 Å². The molecule has 4 aromatic rings. The Labute approximate surface area is 154 Å². The Morgan fingerprint density at radius 3 is 2.58 bits per heavy atom. The quantitative estimate of drug-likeness (QED) is 0.377. The summed E-state index contributed by atoms with van der Waals surface area (Å²) in [7, 11) is 0. The molecule has 0 spiro atoms. The van der Waals surface area contributed by atoms with Crippen LogP contribution in [0.25, 0.3) is 21.8 Å². The molecule has 0 atom stereocenters. The van der Waals surface area contributed by atoms with E-state index in [1.807, 2.05) is 53.9 Å². The minimum Gasteiger partial charge on any atom is -0.423 e. The molecular formula is C21H14N2O2S. The number of benzene rings is 2. The van der Waals surface area contributed by atoms with Gasteiger partial charge in [0.2, 0.25) is 0 Å². The van der Waals surface area contributed by atoms with Crippen molar-refractivity contribution in [2.24, 2.45) is 0 Å². The monoisotopic (exact) mass is 358 g/mol. The summed E-state index contributed by atoms with van der Waals surface area (Å²) >= 11 is 1.56. The zero-order valence-corrected chi connectivity index (χ0v) is 14.5. The number of nitrogens with zero attached hydrogens (tertiary/aromatic N) is 2. The summed E-state index contributed by atoms with van der Waals surface area (Å²) in [5.41, 5.74) is 3.24. The van der Waals surface area contributed by atoms with E-state index in [0.717, 1.165) is 21.8 Å². The Bertz CT molecular complexity index is 1030. The van der Waals surface area contributed by atoms with Crippen LogP contribution < -0.4 is 4.74 Å². The number of rotatable bonds is 4. The number of carbonyl (C=O) groups excluding carboxylic acids is 1. The van der Waals surface area contributed by atoms with Gasteiger partial charge in [-0.3, -0.25) is 4.98 Å². The molecule has 2 aromatic carbocycles. The number of hydrogen-bond acceptors (Lipinski definition) is 5. The lowest BCUT2D eigenvalue weighted by atomic mass is 10.1. The van der Waals surface area contributed by atoms with Crippen LogP contribution in [0.15, 0.2) is 84.5 Å². The first-order valence-electron chi connectivity index (χ1n) is 8.03. The van der Waals surface area contributed by atoms with Crippen LogP contribution in [0.1, 0.15) is 10.4 Å². The maximum atomic E-state index is 12.2. The van der Waals surface area contributed by atoms with Crippen molar-refractivity contribution in [3.8, 4) is 27.6 Å². The van der Waals surface area contributed by atoms with Crippen molar-refractivity contribution >= 4 is 17.3 Å². The van der Waals surface area contributed by atoms with E-state index in [2.05, 4.69) is 9.97 Å². The molecule has 126 valence electrons. The van der Waals surface area contributed by atoms with Crippen molar-refractivity contribution in [1.82, 2.24) is 9.97 Å². The van der Waals surface area contributed by atoms with E-state index < -0.39 is 0 Å². The maximum absolute atomic E-state index is 12.2. The van der Waals surface area contributed by atoms with E-state index in [0.29, 0.717) is 11.3 Å². The van der Waals surface area contributed by atoms with Crippen molar-refractivity contribution in [3.05, 3.63) is 90.1 Å². The second-order valence-electron chi connectivity index (χ2n) is 5.56. The van der Waals surface area contributed by atoms with Crippen LogP contribution in [0.3, 0.4) is 0 Å². The van der Waals surface area contributed by atoms with Gasteiger partial charge in [0.25, 0.3) is 0 Å². The number of pyridine rings is 1. The summed E-state index contributed by atoms with van der Waals surface area (Å²) in [4.78, 5) is 21.0. The lowest BCUT2D eigenvalue weighted by Gasteiger charge is -2.05. The zero-order valence-electron chi connectivity index (χ0n) is 13.7. The molecule has 2 heterocycles. The third-order valence-electron chi connectivity index (χ3n) is 3.76. The molecule has 0 N–H and O–H groups in total. The highest BCUT2D eigenvalue weighted by Gasteiger charge is 2.10. The maximum Gasteiger partial charge on any atom is 0.343 e. The molecule has 0 bridgehead atoms. The first kappa shape index (κ1) is 16.2. The fourth-order valence-corrected chi connectivity index (χ4v) is 3.31. The Balaban J connectivity index is 1.57. The molecular weight excluding hydrogens is 344 g/mol. The Hall–Kier alpha value is -3.31. The molecule has 0 aliphatic rings. The second-order valence-corrected chi connectivity index (χ2v) is 6.42. The molecule has 0 saturated heterocycles. The number of aromatic nitrogens is 2. The average molecular weight is 358 g/mol. The standard InChI is InChI=1S/C21H14N2O2S/c24-21(15-6-2-1-3-7-15)25-18-10-4-8-16(12-18)19-14-26-20(23-19)17-9-5-11-22-13-17/h1-14H. The van der Waals surface area contributed by atoms with Crippen LogP contribution in [0.2, 0.25) is 0 Å². The van der Waals surface area contributed by atoms with Gasteiger partial charge in [0.05, 0.1) is 11.3 Å². The Kier molecular flexibility index (Phi) is 4.53. The van der Waals surface area contributed by atoms with Crippen LogP contribution in [0.5, 0.6) is 5.75 Å². The zero-order chi connectivity index (χ0) is 17.8. The number of carbonyl (C=O) groups is 1. The predicted molar refractivity (Wildman–Crippen MR) is 102 cm³/mol. The Morgan fingerprint density at radius 1 is 0.923 bits per heavy atom. The van der Waals surface area contributed by atoms with E-state index >= 15 is 0 Å². The summed E-state index contributed by atoms with van der Waals surface area (Å²) in [6.45, 7) is 0. The smallest absolute Gasteiger partial charge is 0.343 e. The molecule has 0 aliphatic heterocycles. The van der Waals surface area contributed by atoms with Crippen molar-refractivity contribution in [1.29, 1.82) is 0 Å². The first-order chi connectivity index (χ1) is 12.8. The molecule has 4 rings (SSSR count). The molecule has 0 aliphatic carbocycles. The molecule has 0 amide bonds. The predicted octanol–water partition coefficient (Wildman–Crippen LogP) is 5.09. The molecule has 0 fully saturated rings. The highest BCUT2D eigenvalue weighted by Crippen LogP contribution is 2.30. The molecule has 0 saturated carbocycles. The van der Waals surface area contributed by atoms with E-state index in [9.17, 15) is 4.79 Å². The number of hydrogen-bond donors (Lipinski definition) is 0. The lowest BCUT2D eigenvalue weighted by Crippen LogP contribution is -2.08. The van der Waals surface area contributed by atoms with Crippen molar-refractivity contribution in [2.45, 2.75) is 0 Å². The van der Waals surface area contributed by atoms with Crippen LogP contribution in [-0.2, 0) is 0 Å². The number of thiazole rings is 1. The Morgan fingerprint density at radius 2 is 1.77 bits per heavy atom. The van der Waals surface area contributed by atoms with Crippen molar-refractivity contribution < 1.29 is 9.53 Å². The fourth-order valence-electron chi connectivity index (χ4n) is 2.49. The molecule has 5 heteroatoms. The van der Waals surface area contributed by atoms with Gasteiger partial charge in [-0.25, -0.2) is 9.78 Å².